The Morgan fingerprint density at radius 1 is 1.04 bits per heavy atom. The van der Waals surface area contributed by atoms with Crippen LogP contribution >= 0.6 is 0 Å². The van der Waals surface area contributed by atoms with Crippen LogP contribution in [0, 0.1) is 6.92 Å². The first-order chi connectivity index (χ1) is 11.6. The predicted octanol–water partition coefficient (Wildman–Crippen LogP) is 2.34. The molecular weight excluding hydrogens is 298 g/mol. The second kappa shape index (κ2) is 7.60. The molecule has 0 aromatic heterocycles. The average molecular weight is 323 g/mol. The molecule has 0 radical (unpaired) electrons. The number of primary amides is 1. The van der Waals surface area contributed by atoms with Gasteiger partial charge in [0.25, 0.3) is 0 Å². The molecule has 4 heteroatoms. The highest BCUT2D eigenvalue weighted by molar-refractivity contribution is 5.81. The van der Waals surface area contributed by atoms with Crippen LogP contribution in [0.2, 0.25) is 0 Å². The summed E-state index contributed by atoms with van der Waals surface area (Å²) in [6.07, 6.45) is 0. The van der Waals surface area contributed by atoms with Gasteiger partial charge in [0.2, 0.25) is 5.91 Å². The van der Waals surface area contributed by atoms with E-state index in [1.54, 1.807) is 0 Å². The van der Waals surface area contributed by atoms with Gasteiger partial charge in [-0.15, -0.1) is 0 Å². The fourth-order valence-electron chi connectivity index (χ4n) is 3.44. The number of nitrogens with two attached hydrogens (primary N) is 1. The average Bonchev–Trinajstić information content (AvgIpc) is 2.57. The predicted molar refractivity (Wildman–Crippen MR) is 96.4 cm³/mol. The van der Waals surface area contributed by atoms with Crippen LogP contribution in [0.3, 0.4) is 0 Å². The molecule has 0 bridgehead atoms. The van der Waals surface area contributed by atoms with Crippen LogP contribution in [-0.2, 0) is 11.3 Å². The maximum absolute atomic E-state index is 12.0. The van der Waals surface area contributed by atoms with Crippen molar-refractivity contribution in [3.05, 3.63) is 71.3 Å². The van der Waals surface area contributed by atoms with E-state index in [-0.39, 0.29) is 11.9 Å². The summed E-state index contributed by atoms with van der Waals surface area (Å²) in [7, 11) is 0. The number of piperazine rings is 1. The molecule has 3 rings (SSSR count). The van der Waals surface area contributed by atoms with Gasteiger partial charge in [-0.05, 0) is 18.1 Å². The fraction of sp³-hybridized carbons (Fsp3) is 0.350. The minimum atomic E-state index is -0.327. The monoisotopic (exact) mass is 323 g/mol. The van der Waals surface area contributed by atoms with E-state index in [0.717, 1.165) is 38.3 Å². The van der Waals surface area contributed by atoms with Crippen molar-refractivity contribution >= 4 is 5.91 Å². The summed E-state index contributed by atoms with van der Waals surface area (Å²) < 4.78 is 0. The van der Waals surface area contributed by atoms with Crippen LogP contribution in [-0.4, -0.2) is 41.9 Å². The zero-order valence-corrected chi connectivity index (χ0v) is 14.2. The summed E-state index contributed by atoms with van der Waals surface area (Å²) in [5, 5.41) is 0. The normalized spacial score (nSPS) is 17.5. The SMILES string of the molecule is Cc1cccc(CN2CCN(C(C(N)=O)c3ccccc3)CC2)c1. The lowest BCUT2D eigenvalue weighted by molar-refractivity contribution is -0.124. The third kappa shape index (κ3) is 4.02. The number of hydrogen-bond donors (Lipinski definition) is 1. The first-order valence-electron chi connectivity index (χ1n) is 8.50. The number of benzene rings is 2. The minimum absolute atomic E-state index is 0.270. The van der Waals surface area contributed by atoms with Gasteiger partial charge in [0, 0.05) is 32.7 Å². The quantitative estimate of drug-likeness (QED) is 0.919. The number of rotatable bonds is 5. The lowest BCUT2D eigenvalue weighted by Crippen LogP contribution is -2.49. The molecule has 0 spiro atoms. The molecule has 24 heavy (non-hydrogen) atoms. The van der Waals surface area contributed by atoms with Crippen molar-refractivity contribution in [3.8, 4) is 0 Å². The van der Waals surface area contributed by atoms with E-state index in [0.29, 0.717) is 0 Å². The summed E-state index contributed by atoms with van der Waals surface area (Å²) in [6.45, 7) is 6.69. The lowest BCUT2D eigenvalue weighted by atomic mass is 10.0. The largest absolute Gasteiger partial charge is 0.368 e. The summed E-state index contributed by atoms with van der Waals surface area (Å²) >= 11 is 0. The van der Waals surface area contributed by atoms with Crippen LogP contribution in [0.25, 0.3) is 0 Å². The van der Waals surface area contributed by atoms with E-state index in [1.807, 2.05) is 30.3 Å². The summed E-state index contributed by atoms with van der Waals surface area (Å²) in [5.41, 5.74) is 9.30. The van der Waals surface area contributed by atoms with E-state index in [2.05, 4.69) is 41.0 Å². The Morgan fingerprint density at radius 2 is 1.75 bits per heavy atom. The molecule has 1 unspecified atom stereocenters. The molecule has 1 aliphatic rings. The second-order valence-corrected chi connectivity index (χ2v) is 6.52. The zero-order chi connectivity index (χ0) is 16.9. The molecule has 126 valence electrons. The van der Waals surface area contributed by atoms with Crippen molar-refractivity contribution < 1.29 is 4.79 Å². The van der Waals surface area contributed by atoms with Crippen molar-refractivity contribution in [2.45, 2.75) is 19.5 Å². The van der Waals surface area contributed by atoms with Crippen LogP contribution in [0.5, 0.6) is 0 Å². The Morgan fingerprint density at radius 3 is 2.38 bits per heavy atom. The maximum atomic E-state index is 12.0. The van der Waals surface area contributed by atoms with Crippen LogP contribution in [0.1, 0.15) is 22.7 Å². The lowest BCUT2D eigenvalue weighted by Gasteiger charge is -2.38. The van der Waals surface area contributed by atoms with Crippen molar-refractivity contribution in [3.63, 3.8) is 0 Å². The molecule has 1 aliphatic heterocycles. The molecule has 0 saturated carbocycles. The highest BCUT2D eigenvalue weighted by Crippen LogP contribution is 2.22. The van der Waals surface area contributed by atoms with E-state index in [1.165, 1.54) is 11.1 Å². The molecule has 1 fully saturated rings. The standard InChI is InChI=1S/C20H25N3O/c1-16-6-5-7-17(14-16)15-22-10-12-23(13-11-22)19(20(21)24)18-8-3-2-4-9-18/h2-9,14,19H,10-13,15H2,1H3,(H2,21,24). The highest BCUT2D eigenvalue weighted by Gasteiger charge is 2.28. The summed E-state index contributed by atoms with van der Waals surface area (Å²) in [5.74, 6) is -0.270. The number of amides is 1. The van der Waals surface area contributed by atoms with Gasteiger partial charge < -0.3 is 5.73 Å². The number of nitrogens with zero attached hydrogens (tertiary/aromatic N) is 2. The molecule has 0 aliphatic carbocycles. The number of carbonyl (C=O) groups is 1. The molecule has 2 aromatic rings. The van der Waals surface area contributed by atoms with E-state index in [9.17, 15) is 4.79 Å². The number of carbonyl (C=O) groups excluding carboxylic acids is 1. The fourth-order valence-corrected chi connectivity index (χ4v) is 3.44. The number of aryl methyl sites for hydroxylation is 1. The molecule has 1 amide bonds. The Hall–Kier alpha value is -2.17. The molecule has 2 aromatic carbocycles. The smallest absolute Gasteiger partial charge is 0.239 e. The Labute approximate surface area is 143 Å². The van der Waals surface area contributed by atoms with Gasteiger partial charge in [0.1, 0.15) is 6.04 Å². The second-order valence-electron chi connectivity index (χ2n) is 6.52. The molecule has 1 atom stereocenters. The first kappa shape index (κ1) is 16.7. The van der Waals surface area contributed by atoms with Crippen LogP contribution in [0.15, 0.2) is 54.6 Å². The van der Waals surface area contributed by atoms with E-state index in [4.69, 9.17) is 5.73 Å². The van der Waals surface area contributed by atoms with Gasteiger partial charge in [0.05, 0.1) is 0 Å². The maximum Gasteiger partial charge on any atom is 0.239 e. The Balaban J connectivity index is 1.62. The van der Waals surface area contributed by atoms with Crippen LogP contribution in [0.4, 0.5) is 0 Å². The Bertz CT molecular complexity index is 678. The number of hydrogen-bond acceptors (Lipinski definition) is 3. The van der Waals surface area contributed by atoms with E-state index >= 15 is 0 Å². The first-order valence-corrected chi connectivity index (χ1v) is 8.50. The molecule has 2 N–H and O–H groups in total. The van der Waals surface area contributed by atoms with Crippen molar-refractivity contribution in [2.24, 2.45) is 5.73 Å². The van der Waals surface area contributed by atoms with Gasteiger partial charge in [0.15, 0.2) is 0 Å². The van der Waals surface area contributed by atoms with Gasteiger partial charge in [-0.25, -0.2) is 0 Å². The van der Waals surface area contributed by atoms with E-state index < -0.39 is 0 Å². The van der Waals surface area contributed by atoms with Gasteiger partial charge in [-0.1, -0.05) is 60.2 Å². The van der Waals surface area contributed by atoms with Crippen molar-refractivity contribution in [1.82, 2.24) is 9.80 Å². The van der Waals surface area contributed by atoms with Gasteiger partial charge in [-0.2, -0.15) is 0 Å². The third-order valence-electron chi connectivity index (χ3n) is 4.65. The molecule has 1 saturated heterocycles. The summed E-state index contributed by atoms with van der Waals surface area (Å²) in [6, 6.07) is 18.2. The molecule has 1 heterocycles. The molecule has 4 nitrogen and oxygen atoms in total. The van der Waals surface area contributed by atoms with Gasteiger partial charge in [-0.3, -0.25) is 14.6 Å². The zero-order valence-electron chi connectivity index (χ0n) is 14.2. The third-order valence-corrected chi connectivity index (χ3v) is 4.65. The topological polar surface area (TPSA) is 49.6 Å². The minimum Gasteiger partial charge on any atom is -0.368 e. The molecular formula is C20H25N3O. The van der Waals surface area contributed by atoms with Gasteiger partial charge >= 0.3 is 0 Å². The Kier molecular flexibility index (Phi) is 5.28. The van der Waals surface area contributed by atoms with Crippen molar-refractivity contribution in [1.29, 1.82) is 0 Å². The van der Waals surface area contributed by atoms with Crippen molar-refractivity contribution in [2.75, 3.05) is 26.2 Å². The highest BCUT2D eigenvalue weighted by atomic mass is 16.1. The van der Waals surface area contributed by atoms with Crippen LogP contribution < -0.4 is 5.73 Å². The summed E-state index contributed by atoms with van der Waals surface area (Å²) in [4.78, 5) is 16.6.